The smallest absolute Gasteiger partial charge is 0.255 e. The summed E-state index contributed by atoms with van der Waals surface area (Å²) in [5.41, 5.74) is 5.99. The van der Waals surface area contributed by atoms with Gasteiger partial charge in [0, 0.05) is 0 Å². The molecule has 1 atom stereocenters. The largest absolute Gasteiger partial charge is 0.385 e. The van der Waals surface area contributed by atoms with Crippen molar-refractivity contribution < 1.29 is 13.2 Å². The van der Waals surface area contributed by atoms with Crippen molar-refractivity contribution in [3.8, 4) is 0 Å². The Hall–Kier alpha value is -1.60. The first-order chi connectivity index (χ1) is 15.8. The fraction of sp³-hybridized carbons (Fsp3) is 0.680. The molecule has 1 aromatic rings. The van der Waals surface area contributed by atoms with E-state index in [1.54, 1.807) is 6.07 Å². The van der Waals surface area contributed by atoms with Crippen LogP contribution in [0.4, 0.5) is 5.69 Å². The minimum atomic E-state index is -3.49. The number of anilines is 1. The zero-order chi connectivity index (χ0) is 24.3. The number of unbranched alkanes of at least 4 members (excludes halogenated alkanes) is 8. The van der Waals surface area contributed by atoms with Crippen molar-refractivity contribution in [1.82, 2.24) is 0 Å². The highest BCUT2D eigenvalue weighted by Gasteiger charge is 2.27. The van der Waals surface area contributed by atoms with Crippen molar-refractivity contribution in [3.05, 3.63) is 23.2 Å². The Morgan fingerprint density at radius 1 is 1.00 bits per heavy atom. The van der Waals surface area contributed by atoms with Crippen LogP contribution in [0.5, 0.6) is 0 Å². The summed E-state index contributed by atoms with van der Waals surface area (Å²) in [5.74, 6) is 0.225. The number of nitrogens with zero attached hydrogens (tertiary/aromatic N) is 2. The molecule has 2 rings (SSSR count). The lowest BCUT2D eigenvalue weighted by atomic mass is 9.96. The summed E-state index contributed by atoms with van der Waals surface area (Å²) >= 11 is 6.36. The number of amides is 1. The summed E-state index contributed by atoms with van der Waals surface area (Å²) in [5, 5.41) is 5.32. The highest BCUT2D eigenvalue weighted by molar-refractivity contribution is 7.91. The second kappa shape index (κ2) is 14.0. The number of hydrogen-bond donors (Lipinski definition) is 1. The number of hydrazone groups is 1. The van der Waals surface area contributed by atoms with E-state index in [4.69, 9.17) is 17.3 Å². The van der Waals surface area contributed by atoms with Crippen molar-refractivity contribution >= 4 is 38.9 Å². The van der Waals surface area contributed by atoms with Crippen LogP contribution >= 0.6 is 11.6 Å². The molecule has 0 fully saturated rings. The van der Waals surface area contributed by atoms with Gasteiger partial charge >= 0.3 is 0 Å². The Morgan fingerprint density at radius 3 is 2.12 bits per heavy atom. The number of amidine groups is 1. The molecular formula is C25H40ClN3O3S. The summed E-state index contributed by atoms with van der Waals surface area (Å²) in [6.07, 6.45) is 13.7. The standard InChI is InChI=1S/C25H40ClN3O3S/c1-3-5-7-9-10-12-14-20(13-11-8-6-4-2)19-33(31,32)21-15-16-23(22(26)17-21)29-25(30)18-24(27)28-29/h15-17,20H,3-14,18-19H2,1-2H3,(H2,27,28)/t20-/m0/s1. The van der Waals surface area contributed by atoms with Crippen LogP contribution in [0.25, 0.3) is 0 Å². The molecule has 1 aromatic carbocycles. The summed E-state index contributed by atoms with van der Waals surface area (Å²) in [6, 6.07) is 4.49. The van der Waals surface area contributed by atoms with E-state index in [-0.39, 0.29) is 39.8 Å². The van der Waals surface area contributed by atoms with Gasteiger partial charge in [-0.3, -0.25) is 4.79 Å². The number of carbonyl (C=O) groups excluding carboxylic acids is 1. The Bertz CT molecular complexity index is 902. The Balaban J connectivity index is 2.05. The molecule has 1 amide bonds. The zero-order valence-electron chi connectivity index (χ0n) is 20.2. The Morgan fingerprint density at radius 2 is 1.58 bits per heavy atom. The summed E-state index contributed by atoms with van der Waals surface area (Å²) in [6.45, 7) is 4.39. The van der Waals surface area contributed by atoms with Gasteiger partial charge < -0.3 is 5.73 Å². The van der Waals surface area contributed by atoms with E-state index in [1.807, 2.05) is 0 Å². The van der Waals surface area contributed by atoms with Gasteiger partial charge in [0.2, 0.25) is 0 Å². The SMILES string of the molecule is CCCCCCCC[C@H](CCCCCC)CS(=O)(=O)c1ccc(N2N=C(N)CC2=O)c(Cl)c1. The molecule has 2 N–H and O–H groups in total. The Labute approximate surface area is 204 Å². The van der Waals surface area contributed by atoms with Gasteiger partial charge in [-0.05, 0) is 37.0 Å². The average molecular weight is 498 g/mol. The lowest BCUT2D eigenvalue weighted by Crippen LogP contribution is -2.20. The molecule has 0 bridgehead atoms. The molecule has 0 spiro atoms. The van der Waals surface area contributed by atoms with E-state index in [1.165, 1.54) is 57.1 Å². The van der Waals surface area contributed by atoms with Crippen LogP contribution < -0.4 is 10.7 Å². The predicted molar refractivity (Wildman–Crippen MR) is 137 cm³/mol. The summed E-state index contributed by atoms with van der Waals surface area (Å²) in [7, 11) is -3.49. The molecule has 1 aliphatic heterocycles. The number of carbonyl (C=O) groups is 1. The van der Waals surface area contributed by atoms with E-state index in [0.717, 1.165) is 37.1 Å². The first-order valence-electron chi connectivity index (χ1n) is 12.5. The molecule has 0 unspecified atom stereocenters. The van der Waals surface area contributed by atoms with Gasteiger partial charge in [0.25, 0.3) is 5.91 Å². The van der Waals surface area contributed by atoms with Gasteiger partial charge in [0.15, 0.2) is 9.84 Å². The number of sulfone groups is 1. The maximum absolute atomic E-state index is 13.2. The van der Waals surface area contributed by atoms with Crippen LogP contribution in [0, 0.1) is 5.92 Å². The van der Waals surface area contributed by atoms with E-state index in [9.17, 15) is 13.2 Å². The fourth-order valence-electron chi connectivity index (χ4n) is 4.28. The van der Waals surface area contributed by atoms with Crippen LogP contribution in [-0.2, 0) is 14.6 Å². The van der Waals surface area contributed by atoms with Gasteiger partial charge in [0.1, 0.15) is 5.84 Å². The van der Waals surface area contributed by atoms with Gasteiger partial charge in [-0.1, -0.05) is 89.7 Å². The number of hydrogen-bond acceptors (Lipinski definition) is 5. The van der Waals surface area contributed by atoms with Crippen molar-refractivity contribution in [1.29, 1.82) is 0 Å². The average Bonchev–Trinajstić information content (AvgIpc) is 3.10. The molecule has 0 radical (unpaired) electrons. The highest BCUT2D eigenvalue weighted by atomic mass is 35.5. The number of halogens is 1. The molecule has 0 aromatic heterocycles. The number of nitrogens with two attached hydrogens (primary N) is 1. The molecule has 6 nitrogen and oxygen atoms in total. The molecule has 186 valence electrons. The van der Waals surface area contributed by atoms with Crippen LogP contribution in [-0.4, -0.2) is 25.9 Å². The molecule has 0 saturated heterocycles. The van der Waals surface area contributed by atoms with Crippen LogP contribution in [0.3, 0.4) is 0 Å². The van der Waals surface area contributed by atoms with Gasteiger partial charge in [-0.15, -0.1) is 0 Å². The monoisotopic (exact) mass is 497 g/mol. The second-order valence-corrected chi connectivity index (χ2v) is 11.6. The normalized spacial score (nSPS) is 15.2. The summed E-state index contributed by atoms with van der Waals surface area (Å²) in [4.78, 5) is 12.2. The third-order valence-corrected chi connectivity index (χ3v) is 8.38. The second-order valence-electron chi connectivity index (χ2n) is 9.14. The number of benzene rings is 1. The maximum atomic E-state index is 13.2. The minimum absolute atomic E-state index is 0.0362. The van der Waals surface area contributed by atoms with Crippen LogP contribution in [0.15, 0.2) is 28.2 Å². The molecule has 0 aliphatic carbocycles. The Kier molecular flexibility index (Phi) is 11.7. The first kappa shape index (κ1) is 27.6. The lowest BCUT2D eigenvalue weighted by Gasteiger charge is -2.18. The van der Waals surface area contributed by atoms with E-state index in [2.05, 4.69) is 18.9 Å². The van der Waals surface area contributed by atoms with Crippen molar-refractivity contribution in [2.45, 2.75) is 102 Å². The topological polar surface area (TPSA) is 92.8 Å². The molecule has 33 heavy (non-hydrogen) atoms. The molecule has 0 saturated carbocycles. The van der Waals surface area contributed by atoms with Crippen molar-refractivity contribution in [3.63, 3.8) is 0 Å². The van der Waals surface area contributed by atoms with E-state index < -0.39 is 9.84 Å². The van der Waals surface area contributed by atoms with Crippen molar-refractivity contribution in [2.75, 3.05) is 10.8 Å². The quantitative estimate of drug-likeness (QED) is 0.265. The minimum Gasteiger partial charge on any atom is -0.385 e. The third kappa shape index (κ3) is 8.93. The van der Waals surface area contributed by atoms with Crippen LogP contribution in [0.2, 0.25) is 5.02 Å². The fourth-order valence-corrected chi connectivity index (χ4v) is 6.33. The highest BCUT2D eigenvalue weighted by Crippen LogP contribution is 2.32. The van der Waals surface area contributed by atoms with Gasteiger partial charge in [-0.25, -0.2) is 8.42 Å². The summed E-state index contributed by atoms with van der Waals surface area (Å²) < 4.78 is 26.4. The maximum Gasteiger partial charge on any atom is 0.255 e. The van der Waals surface area contributed by atoms with E-state index >= 15 is 0 Å². The van der Waals surface area contributed by atoms with Crippen molar-refractivity contribution in [2.24, 2.45) is 16.8 Å². The lowest BCUT2D eigenvalue weighted by molar-refractivity contribution is -0.116. The molecule has 1 aliphatic rings. The van der Waals surface area contributed by atoms with Gasteiger partial charge in [0.05, 0.1) is 27.8 Å². The molecular weight excluding hydrogens is 458 g/mol. The molecule has 8 heteroatoms. The predicted octanol–water partition coefficient (Wildman–Crippen LogP) is 6.46. The third-order valence-electron chi connectivity index (χ3n) is 6.19. The molecule has 1 heterocycles. The van der Waals surface area contributed by atoms with Gasteiger partial charge in [-0.2, -0.15) is 10.1 Å². The van der Waals surface area contributed by atoms with E-state index in [0.29, 0.717) is 5.69 Å². The first-order valence-corrected chi connectivity index (χ1v) is 14.5. The number of rotatable bonds is 16. The van der Waals surface area contributed by atoms with Crippen LogP contribution in [0.1, 0.15) is 97.3 Å². The zero-order valence-corrected chi connectivity index (χ0v) is 21.8.